The molecule has 37 heavy (non-hydrogen) atoms. The lowest BCUT2D eigenvalue weighted by molar-refractivity contribution is -0.141. The average Bonchev–Trinajstić information content (AvgIpc) is 2.90. The van der Waals surface area contributed by atoms with E-state index in [1.165, 1.54) is 0 Å². The maximum Gasteiger partial charge on any atom is 0.243 e. The summed E-state index contributed by atoms with van der Waals surface area (Å²) in [6.07, 6.45) is 2.24. The predicted octanol–water partition coefficient (Wildman–Crippen LogP) is 7.69. The van der Waals surface area contributed by atoms with Crippen molar-refractivity contribution in [2.24, 2.45) is 0 Å². The van der Waals surface area contributed by atoms with Gasteiger partial charge in [-0.05, 0) is 66.1 Å². The molecule has 1 atom stereocenters. The van der Waals surface area contributed by atoms with Gasteiger partial charge in [-0.25, -0.2) is 0 Å². The van der Waals surface area contributed by atoms with E-state index >= 15 is 0 Å². The van der Waals surface area contributed by atoms with E-state index in [2.05, 4.69) is 5.32 Å². The van der Waals surface area contributed by atoms with Crippen LogP contribution in [0.5, 0.6) is 0 Å². The molecule has 0 bridgehead atoms. The summed E-state index contributed by atoms with van der Waals surface area (Å²) in [4.78, 5) is 29.8. The molecule has 0 aliphatic rings. The van der Waals surface area contributed by atoms with Crippen LogP contribution in [-0.2, 0) is 22.6 Å². The molecule has 196 valence electrons. The fourth-order valence-electron chi connectivity index (χ4n) is 3.84. The third-order valence-electron chi connectivity index (χ3n) is 5.77. The lowest BCUT2D eigenvalue weighted by Gasteiger charge is -2.31. The van der Waals surface area contributed by atoms with Crippen LogP contribution >= 0.6 is 46.6 Å². The van der Waals surface area contributed by atoms with Crippen molar-refractivity contribution in [1.29, 1.82) is 0 Å². The molecule has 0 unspecified atom stereocenters. The summed E-state index contributed by atoms with van der Waals surface area (Å²) in [5.41, 5.74) is 1.81. The maximum absolute atomic E-state index is 13.6. The third-order valence-corrected chi connectivity index (χ3v) is 7.86. The van der Waals surface area contributed by atoms with E-state index in [1.54, 1.807) is 28.8 Å². The molecule has 3 aromatic rings. The summed E-state index contributed by atoms with van der Waals surface area (Å²) < 4.78 is 0. The van der Waals surface area contributed by atoms with Crippen LogP contribution in [0, 0.1) is 0 Å². The van der Waals surface area contributed by atoms with Crippen molar-refractivity contribution < 1.29 is 9.59 Å². The highest BCUT2D eigenvalue weighted by Crippen LogP contribution is 2.25. The average molecular weight is 578 g/mol. The number of nitrogens with one attached hydrogen (secondary N) is 1. The van der Waals surface area contributed by atoms with Gasteiger partial charge in [0.2, 0.25) is 11.8 Å². The van der Waals surface area contributed by atoms with E-state index in [0.717, 1.165) is 28.2 Å². The number of hydrogen-bond acceptors (Lipinski definition) is 3. The first-order chi connectivity index (χ1) is 17.9. The molecular weight excluding hydrogens is 547 g/mol. The van der Waals surface area contributed by atoms with E-state index in [0.29, 0.717) is 40.9 Å². The monoisotopic (exact) mass is 576 g/mol. The second kappa shape index (κ2) is 15.3. The standard InChI is InChI=1S/C29H31Cl3N2O2S/c1-2-16-33-29(36)27(19-21-7-4-3-5-8-21)34(20-22-10-15-25(31)26(32)18-22)28(35)9-6-17-37-24-13-11-23(30)12-14-24/h3-5,7-8,10-15,18,27H,2,6,9,16-17,19-20H2,1H3,(H,33,36)/t27-/m1/s1. The minimum atomic E-state index is -0.653. The Morgan fingerprint density at radius 3 is 2.32 bits per heavy atom. The van der Waals surface area contributed by atoms with E-state index < -0.39 is 6.04 Å². The highest BCUT2D eigenvalue weighted by molar-refractivity contribution is 7.99. The van der Waals surface area contributed by atoms with Gasteiger partial charge in [0.1, 0.15) is 6.04 Å². The molecule has 0 heterocycles. The van der Waals surface area contributed by atoms with Gasteiger partial charge in [-0.1, -0.05) is 78.1 Å². The largest absolute Gasteiger partial charge is 0.354 e. The van der Waals surface area contributed by atoms with Gasteiger partial charge < -0.3 is 10.2 Å². The second-order valence-corrected chi connectivity index (χ2v) is 11.1. The predicted molar refractivity (Wildman–Crippen MR) is 156 cm³/mol. The number of benzene rings is 3. The van der Waals surface area contributed by atoms with Gasteiger partial charge in [-0.2, -0.15) is 0 Å². The molecule has 3 aromatic carbocycles. The summed E-state index contributed by atoms with van der Waals surface area (Å²) in [6, 6.07) is 22.1. The van der Waals surface area contributed by atoms with Gasteiger partial charge in [0.25, 0.3) is 0 Å². The van der Waals surface area contributed by atoms with Crippen LogP contribution < -0.4 is 5.32 Å². The number of halogens is 3. The molecule has 0 fully saturated rings. The van der Waals surface area contributed by atoms with Gasteiger partial charge in [0.05, 0.1) is 10.0 Å². The van der Waals surface area contributed by atoms with Crippen molar-refractivity contribution in [2.45, 2.75) is 50.1 Å². The van der Waals surface area contributed by atoms with E-state index in [9.17, 15) is 9.59 Å². The number of rotatable bonds is 13. The Balaban J connectivity index is 1.79. The summed E-state index contributed by atoms with van der Waals surface area (Å²) in [5.74, 6) is 0.546. The van der Waals surface area contributed by atoms with Crippen molar-refractivity contribution >= 4 is 58.4 Å². The molecule has 2 amide bonds. The van der Waals surface area contributed by atoms with E-state index in [4.69, 9.17) is 34.8 Å². The van der Waals surface area contributed by atoms with Gasteiger partial charge in [0.15, 0.2) is 0 Å². The molecule has 4 nitrogen and oxygen atoms in total. The Morgan fingerprint density at radius 2 is 1.65 bits per heavy atom. The summed E-state index contributed by atoms with van der Waals surface area (Å²) in [6.45, 7) is 2.82. The first kappa shape index (κ1) is 29.4. The van der Waals surface area contributed by atoms with Crippen molar-refractivity contribution in [3.05, 3.63) is 99.0 Å². The van der Waals surface area contributed by atoms with Crippen LogP contribution in [-0.4, -0.2) is 35.1 Å². The molecule has 0 aliphatic carbocycles. The molecule has 0 saturated carbocycles. The molecule has 3 rings (SSSR count). The van der Waals surface area contributed by atoms with Crippen molar-refractivity contribution in [3.8, 4) is 0 Å². The summed E-state index contributed by atoms with van der Waals surface area (Å²) in [5, 5.41) is 4.56. The quantitative estimate of drug-likeness (QED) is 0.167. The molecule has 1 N–H and O–H groups in total. The van der Waals surface area contributed by atoms with E-state index in [-0.39, 0.29) is 18.4 Å². The molecule has 0 aromatic heterocycles. The zero-order chi connectivity index (χ0) is 26.6. The van der Waals surface area contributed by atoms with Gasteiger partial charge in [-0.3, -0.25) is 9.59 Å². The Morgan fingerprint density at radius 1 is 0.919 bits per heavy atom. The van der Waals surface area contributed by atoms with Gasteiger partial charge in [0, 0.05) is 35.8 Å². The van der Waals surface area contributed by atoms with Crippen molar-refractivity contribution in [2.75, 3.05) is 12.3 Å². The molecule has 0 radical (unpaired) electrons. The lowest BCUT2D eigenvalue weighted by atomic mass is 10.0. The number of nitrogens with zero attached hydrogens (tertiary/aromatic N) is 1. The van der Waals surface area contributed by atoms with Crippen molar-refractivity contribution in [1.82, 2.24) is 10.2 Å². The number of amides is 2. The minimum Gasteiger partial charge on any atom is -0.354 e. The lowest BCUT2D eigenvalue weighted by Crippen LogP contribution is -2.50. The Kier molecular flexibility index (Phi) is 12.1. The van der Waals surface area contributed by atoms with Crippen molar-refractivity contribution in [3.63, 3.8) is 0 Å². The highest BCUT2D eigenvalue weighted by Gasteiger charge is 2.30. The molecule has 0 aliphatic heterocycles. The van der Waals surface area contributed by atoms with Crippen LogP contribution in [0.2, 0.25) is 15.1 Å². The number of thioether (sulfide) groups is 1. The normalized spacial score (nSPS) is 11.7. The van der Waals surface area contributed by atoms with E-state index in [1.807, 2.05) is 67.6 Å². The SMILES string of the molecule is CCCNC(=O)[C@@H](Cc1ccccc1)N(Cc1ccc(Cl)c(Cl)c1)C(=O)CCCSc1ccc(Cl)cc1. The Hall–Kier alpha value is -2.18. The number of carbonyl (C=O) groups is 2. The fraction of sp³-hybridized carbons (Fsp3) is 0.310. The number of carbonyl (C=O) groups excluding carboxylic acids is 2. The Labute approximate surface area is 238 Å². The molecule has 8 heteroatoms. The molecular formula is C29H31Cl3N2O2S. The fourth-order valence-corrected chi connectivity index (χ4v) is 5.14. The first-order valence-electron chi connectivity index (χ1n) is 12.3. The summed E-state index contributed by atoms with van der Waals surface area (Å²) >= 11 is 20.0. The van der Waals surface area contributed by atoms with Gasteiger partial charge >= 0.3 is 0 Å². The number of hydrogen-bond donors (Lipinski definition) is 1. The minimum absolute atomic E-state index is 0.0737. The zero-order valence-corrected chi connectivity index (χ0v) is 23.8. The van der Waals surface area contributed by atoms with Crippen LogP contribution in [0.3, 0.4) is 0 Å². The summed E-state index contributed by atoms with van der Waals surface area (Å²) in [7, 11) is 0. The first-order valence-corrected chi connectivity index (χ1v) is 14.4. The topological polar surface area (TPSA) is 49.4 Å². The molecule has 0 saturated heterocycles. The second-order valence-electron chi connectivity index (χ2n) is 8.67. The third kappa shape index (κ3) is 9.57. The van der Waals surface area contributed by atoms with Crippen LogP contribution in [0.25, 0.3) is 0 Å². The highest BCUT2D eigenvalue weighted by atomic mass is 35.5. The Bertz CT molecular complexity index is 1160. The molecule has 0 spiro atoms. The van der Waals surface area contributed by atoms with Crippen LogP contribution in [0.1, 0.15) is 37.3 Å². The zero-order valence-electron chi connectivity index (χ0n) is 20.8. The maximum atomic E-state index is 13.6. The van der Waals surface area contributed by atoms with Gasteiger partial charge in [-0.15, -0.1) is 11.8 Å². The van der Waals surface area contributed by atoms with Crippen LogP contribution in [0.4, 0.5) is 0 Å². The smallest absolute Gasteiger partial charge is 0.243 e. The van der Waals surface area contributed by atoms with Crippen LogP contribution in [0.15, 0.2) is 77.7 Å².